The molecule has 21 heavy (non-hydrogen) atoms. The Morgan fingerprint density at radius 3 is 2.86 bits per heavy atom. The molecule has 0 atom stereocenters. The van der Waals surface area contributed by atoms with E-state index in [4.69, 9.17) is 9.84 Å². The number of carbonyl (C=O) groups excluding carboxylic acids is 1. The minimum atomic E-state index is 0.0200. The summed E-state index contributed by atoms with van der Waals surface area (Å²) >= 11 is 3.44. The fraction of sp³-hybridized carbons (Fsp3) is 0.533. The van der Waals surface area contributed by atoms with Gasteiger partial charge in [-0.05, 0) is 47.1 Å². The van der Waals surface area contributed by atoms with Crippen LogP contribution in [0.5, 0.6) is 5.75 Å². The SMILES string of the molecule is COc1ccc(Br)c(C(=O)N2CCCN(CCO)CC2)c1. The quantitative estimate of drug-likeness (QED) is 0.890. The highest BCUT2D eigenvalue weighted by atomic mass is 79.9. The van der Waals surface area contributed by atoms with Gasteiger partial charge >= 0.3 is 0 Å². The zero-order valence-electron chi connectivity index (χ0n) is 12.2. The molecular formula is C15H21BrN2O3. The molecule has 6 heteroatoms. The first-order valence-corrected chi connectivity index (χ1v) is 7.91. The van der Waals surface area contributed by atoms with Crippen LogP contribution in [0.3, 0.4) is 0 Å². The molecule has 1 aromatic carbocycles. The van der Waals surface area contributed by atoms with Gasteiger partial charge in [0.15, 0.2) is 0 Å². The van der Waals surface area contributed by atoms with Crippen molar-refractivity contribution >= 4 is 21.8 Å². The van der Waals surface area contributed by atoms with E-state index in [2.05, 4.69) is 20.8 Å². The van der Waals surface area contributed by atoms with Gasteiger partial charge in [-0.2, -0.15) is 0 Å². The minimum Gasteiger partial charge on any atom is -0.497 e. The number of rotatable bonds is 4. The normalized spacial score (nSPS) is 16.6. The van der Waals surface area contributed by atoms with Gasteiger partial charge in [0.1, 0.15) is 5.75 Å². The van der Waals surface area contributed by atoms with E-state index in [0.717, 1.165) is 30.5 Å². The van der Waals surface area contributed by atoms with Crippen LogP contribution in [0.15, 0.2) is 22.7 Å². The number of halogens is 1. The monoisotopic (exact) mass is 356 g/mol. The lowest BCUT2D eigenvalue weighted by atomic mass is 10.2. The Labute approximate surface area is 133 Å². The number of benzene rings is 1. The molecule has 0 aliphatic carbocycles. The first-order chi connectivity index (χ1) is 10.2. The van der Waals surface area contributed by atoms with Gasteiger partial charge < -0.3 is 14.7 Å². The van der Waals surface area contributed by atoms with Crippen molar-refractivity contribution in [3.63, 3.8) is 0 Å². The highest BCUT2D eigenvalue weighted by molar-refractivity contribution is 9.10. The lowest BCUT2D eigenvalue weighted by molar-refractivity contribution is 0.0759. The van der Waals surface area contributed by atoms with Crippen molar-refractivity contribution in [2.75, 3.05) is 46.4 Å². The van der Waals surface area contributed by atoms with E-state index < -0.39 is 0 Å². The van der Waals surface area contributed by atoms with E-state index >= 15 is 0 Å². The molecule has 2 rings (SSSR count). The lowest BCUT2D eigenvalue weighted by Crippen LogP contribution is -2.36. The van der Waals surface area contributed by atoms with Crippen molar-refractivity contribution in [2.45, 2.75) is 6.42 Å². The second-order valence-corrected chi connectivity index (χ2v) is 5.91. The molecule has 1 amide bonds. The minimum absolute atomic E-state index is 0.0200. The predicted octanol–water partition coefficient (Wildman–Crippen LogP) is 1.60. The van der Waals surface area contributed by atoms with E-state index in [9.17, 15) is 4.79 Å². The molecule has 116 valence electrons. The lowest BCUT2D eigenvalue weighted by Gasteiger charge is -2.22. The van der Waals surface area contributed by atoms with E-state index in [1.807, 2.05) is 17.0 Å². The number of methoxy groups -OCH3 is 1. The largest absolute Gasteiger partial charge is 0.497 e. The molecule has 1 N–H and O–H groups in total. The predicted molar refractivity (Wildman–Crippen MR) is 84.7 cm³/mol. The molecule has 1 saturated heterocycles. The summed E-state index contributed by atoms with van der Waals surface area (Å²) in [5, 5.41) is 9.02. The summed E-state index contributed by atoms with van der Waals surface area (Å²) in [7, 11) is 1.59. The van der Waals surface area contributed by atoms with E-state index in [-0.39, 0.29) is 12.5 Å². The standard InChI is InChI=1S/C15H21BrN2O3/c1-21-12-3-4-14(16)13(11-12)15(20)18-6-2-5-17(7-8-18)9-10-19/h3-4,11,19H,2,5-10H2,1H3. The molecule has 1 fully saturated rings. The van der Waals surface area contributed by atoms with Crippen LogP contribution in [0.1, 0.15) is 16.8 Å². The van der Waals surface area contributed by atoms with Crippen molar-refractivity contribution in [3.05, 3.63) is 28.2 Å². The molecule has 0 radical (unpaired) electrons. The summed E-state index contributed by atoms with van der Waals surface area (Å²) < 4.78 is 5.98. The van der Waals surface area contributed by atoms with Gasteiger partial charge in [-0.15, -0.1) is 0 Å². The molecule has 1 heterocycles. The molecule has 5 nitrogen and oxygen atoms in total. The number of hydrogen-bond acceptors (Lipinski definition) is 4. The number of nitrogens with zero attached hydrogens (tertiary/aromatic N) is 2. The molecule has 0 unspecified atom stereocenters. The number of aliphatic hydroxyl groups is 1. The van der Waals surface area contributed by atoms with Crippen molar-refractivity contribution in [1.29, 1.82) is 0 Å². The number of hydrogen-bond donors (Lipinski definition) is 1. The fourth-order valence-electron chi connectivity index (χ4n) is 2.50. The third-order valence-electron chi connectivity index (χ3n) is 3.70. The third-order valence-corrected chi connectivity index (χ3v) is 4.39. The van der Waals surface area contributed by atoms with Crippen LogP contribution in [0, 0.1) is 0 Å². The van der Waals surface area contributed by atoms with Crippen LogP contribution in [0.25, 0.3) is 0 Å². The number of ether oxygens (including phenoxy) is 1. The molecule has 1 aliphatic heterocycles. The van der Waals surface area contributed by atoms with Crippen LogP contribution in [0.2, 0.25) is 0 Å². The highest BCUT2D eigenvalue weighted by Gasteiger charge is 2.22. The van der Waals surface area contributed by atoms with Crippen LogP contribution >= 0.6 is 15.9 Å². The van der Waals surface area contributed by atoms with Crippen molar-refractivity contribution in [1.82, 2.24) is 9.80 Å². The zero-order chi connectivity index (χ0) is 15.2. The number of β-amino-alcohol motifs (C(OH)–C–C–N with tert-alkyl or cyclic N) is 1. The summed E-state index contributed by atoms with van der Waals surface area (Å²) in [6, 6.07) is 5.43. The van der Waals surface area contributed by atoms with Gasteiger partial charge in [0.25, 0.3) is 5.91 Å². The third kappa shape index (κ3) is 4.18. The van der Waals surface area contributed by atoms with Crippen molar-refractivity contribution < 1.29 is 14.6 Å². The number of aliphatic hydroxyl groups excluding tert-OH is 1. The summed E-state index contributed by atoms with van der Waals surface area (Å²) in [4.78, 5) is 16.7. The van der Waals surface area contributed by atoms with Crippen LogP contribution in [0.4, 0.5) is 0 Å². The molecule has 1 aromatic rings. The average molecular weight is 357 g/mol. The van der Waals surface area contributed by atoms with Gasteiger partial charge in [0.2, 0.25) is 0 Å². The van der Waals surface area contributed by atoms with E-state index in [1.165, 1.54) is 0 Å². The average Bonchev–Trinajstić information content (AvgIpc) is 2.73. The maximum absolute atomic E-state index is 12.7. The van der Waals surface area contributed by atoms with Crippen molar-refractivity contribution in [2.24, 2.45) is 0 Å². The molecule has 1 aliphatic rings. The molecule has 0 spiro atoms. The Bertz CT molecular complexity index is 496. The van der Waals surface area contributed by atoms with Gasteiger partial charge in [0, 0.05) is 30.7 Å². The summed E-state index contributed by atoms with van der Waals surface area (Å²) in [5.74, 6) is 0.699. The number of carbonyl (C=O) groups is 1. The molecule has 0 saturated carbocycles. The maximum Gasteiger partial charge on any atom is 0.255 e. The Morgan fingerprint density at radius 1 is 1.33 bits per heavy atom. The summed E-state index contributed by atoms with van der Waals surface area (Å²) in [6.45, 7) is 3.98. The molecular weight excluding hydrogens is 336 g/mol. The Morgan fingerprint density at radius 2 is 2.14 bits per heavy atom. The first-order valence-electron chi connectivity index (χ1n) is 7.11. The van der Waals surface area contributed by atoms with Gasteiger partial charge in [-0.25, -0.2) is 0 Å². The van der Waals surface area contributed by atoms with Gasteiger partial charge in [-0.1, -0.05) is 0 Å². The number of amides is 1. The summed E-state index contributed by atoms with van der Waals surface area (Å²) in [5.41, 5.74) is 0.630. The Balaban J connectivity index is 2.09. The Hall–Kier alpha value is -1.11. The van der Waals surface area contributed by atoms with E-state index in [0.29, 0.717) is 24.4 Å². The van der Waals surface area contributed by atoms with Gasteiger partial charge in [0.05, 0.1) is 19.3 Å². The second kappa shape index (κ2) is 7.77. The Kier molecular flexibility index (Phi) is 6.02. The smallest absolute Gasteiger partial charge is 0.255 e. The molecule has 0 aromatic heterocycles. The second-order valence-electron chi connectivity index (χ2n) is 5.06. The fourth-order valence-corrected chi connectivity index (χ4v) is 2.92. The molecule has 0 bridgehead atoms. The van der Waals surface area contributed by atoms with Crippen LogP contribution < -0.4 is 4.74 Å². The topological polar surface area (TPSA) is 53.0 Å². The van der Waals surface area contributed by atoms with Crippen molar-refractivity contribution in [3.8, 4) is 5.75 Å². The highest BCUT2D eigenvalue weighted by Crippen LogP contribution is 2.24. The first kappa shape index (κ1) is 16.3. The summed E-state index contributed by atoms with van der Waals surface area (Å²) in [6.07, 6.45) is 0.924. The maximum atomic E-state index is 12.7. The van der Waals surface area contributed by atoms with Gasteiger partial charge in [-0.3, -0.25) is 9.69 Å². The van der Waals surface area contributed by atoms with Crippen LogP contribution in [-0.4, -0.2) is 67.3 Å². The van der Waals surface area contributed by atoms with E-state index in [1.54, 1.807) is 13.2 Å². The van der Waals surface area contributed by atoms with Crippen LogP contribution in [-0.2, 0) is 0 Å². The zero-order valence-corrected chi connectivity index (χ0v) is 13.8.